The van der Waals surface area contributed by atoms with E-state index in [9.17, 15) is 4.79 Å². The van der Waals surface area contributed by atoms with Gasteiger partial charge in [0.2, 0.25) is 0 Å². The molecule has 1 fully saturated rings. The fourth-order valence-electron chi connectivity index (χ4n) is 6.88. The molecule has 4 rings (SSSR count). The highest BCUT2D eigenvalue weighted by Crippen LogP contribution is 2.41. The fraction of sp³-hybridized carbons (Fsp3) is 0.525. The third-order valence-corrected chi connectivity index (χ3v) is 9.70. The minimum absolute atomic E-state index is 0.104. The molecule has 1 N–H and O–H groups in total. The van der Waals surface area contributed by atoms with Crippen molar-refractivity contribution in [2.45, 2.75) is 106 Å². The second-order valence-corrected chi connectivity index (χ2v) is 13.9. The van der Waals surface area contributed by atoms with Gasteiger partial charge in [0.15, 0.2) is 0 Å². The predicted molar refractivity (Wildman–Crippen MR) is 196 cm³/mol. The first-order valence-electron chi connectivity index (χ1n) is 17.4. The molecular weight excluding hydrogens is 582 g/mol. The van der Waals surface area contributed by atoms with Crippen LogP contribution in [0, 0.1) is 23.9 Å². The Kier molecular flexibility index (Phi) is 12.6. The molecule has 3 atom stereocenters. The van der Waals surface area contributed by atoms with Gasteiger partial charge in [0, 0.05) is 70.9 Å². The average Bonchev–Trinajstić information content (AvgIpc) is 3.39. The maximum atomic E-state index is 12.2. The third-order valence-electron chi connectivity index (χ3n) is 9.70. The van der Waals surface area contributed by atoms with Crippen LogP contribution in [0.5, 0.6) is 0 Å². The van der Waals surface area contributed by atoms with Gasteiger partial charge in [-0.1, -0.05) is 46.3 Å². The summed E-state index contributed by atoms with van der Waals surface area (Å²) in [4.78, 5) is 22.2. The second kappa shape index (κ2) is 16.4. The summed E-state index contributed by atoms with van der Waals surface area (Å²) in [5, 5.41) is 3.43. The highest BCUT2D eigenvalue weighted by atomic mass is 16.5. The number of aldehydes is 1. The largest absolute Gasteiger partial charge is 0.446 e. The molecule has 1 saturated heterocycles. The summed E-state index contributed by atoms with van der Waals surface area (Å²) in [6.45, 7) is 20.5. The summed E-state index contributed by atoms with van der Waals surface area (Å²) in [6, 6.07) is 11.1. The van der Waals surface area contributed by atoms with Crippen LogP contribution in [0.4, 0.5) is 0 Å². The molecule has 7 nitrogen and oxygen atoms in total. The zero-order chi connectivity index (χ0) is 34.1. The Balaban J connectivity index is 1.81. The minimum Gasteiger partial charge on any atom is -0.446 e. The molecule has 0 saturated carbocycles. The molecule has 2 aromatic heterocycles. The van der Waals surface area contributed by atoms with Gasteiger partial charge in [-0.2, -0.15) is 0 Å². The Morgan fingerprint density at radius 2 is 2.02 bits per heavy atom. The summed E-state index contributed by atoms with van der Waals surface area (Å²) in [5.74, 6) is 0.190. The van der Waals surface area contributed by atoms with Crippen LogP contribution in [0.15, 0.2) is 47.6 Å². The van der Waals surface area contributed by atoms with Crippen molar-refractivity contribution in [2.24, 2.45) is 16.3 Å². The van der Waals surface area contributed by atoms with Crippen molar-refractivity contribution < 1.29 is 9.53 Å². The van der Waals surface area contributed by atoms with Gasteiger partial charge in [0.1, 0.15) is 19.0 Å². The van der Waals surface area contributed by atoms with Crippen LogP contribution in [0.25, 0.3) is 27.9 Å². The van der Waals surface area contributed by atoms with Crippen LogP contribution in [0.1, 0.15) is 104 Å². The van der Waals surface area contributed by atoms with Gasteiger partial charge in [-0.3, -0.25) is 15.4 Å². The zero-order valence-electron chi connectivity index (χ0n) is 29.9. The predicted octanol–water partition coefficient (Wildman–Crippen LogP) is 8.43. The van der Waals surface area contributed by atoms with Crippen molar-refractivity contribution in [3.63, 3.8) is 0 Å². The molecule has 0 bridgehead atoms. The Hall–Kier alpha value is -3.73. The highest BCUT2D eigenvalue weighted by molar-refractivity contribution is 5.96. The molecule has 1 aliphatic rings. The maximum absolute atomic E-state index is 12.2. The summed E-state index contributed by atoms with van der Waals surface area (Å²) in [7, 11) is 0. The molecule has 3 unspecified atom stereocenters. The molecular formula is C40H55N5O2. The molecule has 7 heteroatoms. The molecule has 3 aromatic rings. The normalized spacial score (nSPS) is 16.9. The molecule has 1 aliphatic heterocycles. The molecule has 0 aliphatic carbocycles. The number of fused-ring (bicyclic) bond motifs is 1. The summed E-state index contributed by atoms with van der Waals surface area (Å²) >= 11 is 0. The Labute approximate surface area is 282 Å². The number of ether oxygens (including phenoxy) is 1. The number of carbonyl (C=O) groups excluding carboxylic acids is 1. The lowest BCUT2D eigenvalue weighted by molar-refractivity contribution is -0.113. The number of carbonyl (C=O) groups is 1. The molecule has 252 valence electrons. The number of hydrazine groups is 1. The van der Waals surface area contributed by atoms with E-state index >= 15 is 0 Å². The van der Waals surface area contributed by atoms with Crippen molar-refractivity contribution in [1.82, 2.24) is 20.0 Å². The van der Waals surface area contributed by atoms with E-state index in [1.165, 1.54) is 34.1 Å². The van der Waals surface area contributed by atoms with Gasteiger partial charge in [-0.05, 0) is 95.5 Å². The third kappa shape index (κ3) is 8.41. The van der Waals surface area contributed by atoms with Crippen LogP contribution in [0.3, 0.4) is 0 Å². The number of aliphatic imine (C=N–C) groups is 1. The lowest BCUT2D eigenvalue weighted by atomic mass is 9.84. The van der Waals surface area contributed by atoms with E-state index in [0.717, 1.165) is 67.8 Å². The SMILES string of the molecule is C#COCC(C)(C)Cc1c(-c2cccnc2C(C)CC)n(CC)c2ccc(/C(=C/C)N=C(C)CC(C=O)C(C)N3CCCCN3)cc12. The van der Waals surface area contributed by atoms with Crippen LogP contribution < -0.4 is 5.43 Å². The van der Waals surface area contributed by atoms with Crippen molar-refractivity contribution in [3.8, 4) is 23.8 Å². The van der Waals surface area contributed by atoms with Gasteiger partial charge < -0.3 is 14.1 Å². The lowest BCUT2D eigenvalue weighted by Crippen LogP contribution is -2.51. The van der Waals surface area contributed by atoms with E-state index in [4.69, 9.17) is 21.1 Å². The minimum atomic E-state index is -0.204. The van der Waals surface area contributed by atoms with Gasteiger partial charge in [0.25, 0.3) is 0 Å². The molecule has 3 heterocycles. The first-order valence-corrected chi connectivity index (χ1v) is 17.4. The topological polar surface area (TPSA) is 71.8 Å². The van der Waals surface area contributed by atoms with Gasteiger partial charge in [-0.15, -0.1) is 0 Å². The first kappa shape index (κ1) is 36.1. The van der Waals surface area contributed by atoms with Crippen molar-refractivity contribution in [3.05, 3.63) is 59.4 Å². The number of pyridine rings is 1. The summed E-state index contributed by atoms with van der Waals surface area (Å²) in [5.41, 5.74) is 12.2. The number of terminal acetylenes is 1. The lowest BCUT2D eigenvalue weighted by Gasteiger charge is -2.35. The number of hydrogen-bond acceptors (Lipinski definition) is 6. The number of rotatable bonds is 15. The van der Waals surface area contributed by atoms with Crippen LogP contribution in [0.2, 0.25) is 0 Å². The number of hydrogen-bond donors (Lipinski definition) is 1. The number of aromatic nitrogens is 2. The maximum Gasteiger partial charge on any atom is 0.125 e. The first-order chi connectivity index (χ1) is 22.6. The van der Waals surface area contributed by atoms with Gasteiger partial charge in [0.05, 0.1) is 17.1 Å². The number of benzene rings is 1. The summed E-state index contributed by atoms with van der Waals surface area (Å²) < 4.78 is 7.94. The fourth-order valence-corrected chi connectivity index (χ4v) is 6.88. The Morgan fingerprint density at radius 1 is 1.23 bits per heavy atom. The quantitative estimate of drug-likeness (QED) is 0.103. The summed E-state index contributed by atoms with van der Waals surface area (Å²) in [6.07, 6.45) is 17.7. The number of nitrogens with zero attached hydrogens (tertiary/aromatic N) is 4. The van der Waals surface area contributed by atoms with Crippen LogP contribution in [-0.4, -0.2) is 52.3 Å². The molecule has 0 spiro atoms. The van der Waals surface area contributed by atoms with E-state index in [2.05, 4.69) is 93.0 Å². The van der Waals surface area contributed by atoms with Crippen molar-refractivity contribution in [2.75, 3.05) is 19.7 Å². The zero-order valence-corrected chi connectivity index (χ0v) is 29.9. The number of allylic oxidation sites excluding steroid dienone is 1. The van der Waals surface area contributed by atoms with E-state index in [-0.39, 0.29) is 17.4 Å². The van der Waals surface area contributed by atoms with E-state index in [1.54, 1.807) is 0 Å². The standard InChI is InChI=1S/C40H55N5O2/c1-10-28(5)38-33(17-16-20-41-38)39-35(25-40(8,9)27-47-13-4)34-24-31(18-19-37(34)44(39)12-3)36(11-2)43-29(6)23-32(26-46)30(7)45-22-15-14-21-42-45/h4,11,16-20,24,26,28,30,32,42H,10,12,14-15,21-23,25,27H2,1-3,5-9H3/b36-11-,43-29?. The van der Waals surface area contributed by atoms with Crippen LogP contribution >= 0.6 is 0 Å². The monoisotopic (exact) mass is 637 g/mol. The number of nitrogens with one attached hydrogen (secondary N) is 1. The van der Waals surface area contributed by atoms with Gasteiger partial charge >= 0.3 is 0 Å². The molecule has 0 radical (unpaired) electrons. The van der Waals surface area contributed by atoms with Crippen molar-refractivity contribution in [1.29, 1.82) is 0 Å². The highest BCUT2D eigenvalue weighted by Gasteiger charge is 2.29. The van der Waals surface area contributed by atoms with Gasteiger partial charge in [-0.25, -0.2) is 5.01 Å². The molecule has 1 aromatic carbocycles. The molecule has 47 heavy (non-hydrogen) atoms. The van der Waals surface area contributed by atoms with E-state index in [0.29, 0.717) is 18.9 Å². The van der Waals surface area contributed by atoms with Crippen LogP contribution in [-0.2, 0) is 22.5 Å². The number of aryl methyl sites for hydroxylation is 1. The molecule has 0 amide bonds. The smallest absolute Gasteiger partial charge is 0.125 e. The average molecular weight is 638 g/mol. The Morgan fingerprint density at radius 3 is 2.66 bits per heavy atom. The Bertz CT molecular complexity index is 1620. The van der Waals surface area contributed by atoms with Crippen molar-refractivity contribution >= 4 is 28.6 Å². The second-order valence-electron chi connectivity index (χ2n) is 13.9. The van der Waals surface area contributed by atoms with E-state index in [1.807, 2.05) is 26.1 Å². The van der Waals surface area contributed by atoms with E-state index < -0.39 is 0 Å².